The topological polar surface area (TPSA) is 53.7 Å². The molecule has 4 nitrogen and oxygen atoms in total. The molecule has 1 atom stereocenters. The summed E-state index contributed by atoms with van der Waals surface area (Å²) in [6, 6.07) is 7.87. The molecule has 1 heterocycles. The Labute approximate surface area is 127 Å². The van der Waals surface area contributed by atoms with Gasteiger partial charge in [0.2, 0.25) is 0 Å². The van der Waals surface area contributed by atoms with E-state index in [1.165, 1.54) is 0 Å². The Balaban J connectivity index is 1.73. The van der Waals surface area contributed by atoms with Crippen LogP contribution in [0.3, 0.4) is 0 Å². The van der Waals surface area contributed by atoms with Crippen LogP contribution in [0.15, 0.2) is 24.3 Å². The Morgan fingerprint density at radius 1 is 1.19 bits per heavy atom. The molecule has 118 valence electrons. The zero-order valence-corrected chi connectivity index (χ0v) is 13.1. The van der Waals surface area contributed by atoms with Crippen molar-refractivity contribution in [3.8, 4) is 5.75 Å². The fourth-order valence-corrected chi connectivity index (χ4v) is 2.44. The van der Waals surface area contributed by atoms with Crippen LogP contribution in [0.25, 0.3) is 0 Å². The van der Waals surface area contributed by atoms with Crippen LogP contribution >= 0.6 is 0 Å². The van der Waals surface area contributed by atoms with Crippen LogP contribution in [0.2, 0.25) is 0 Å². The minimum atomic E-state index is -0.0852. The molecule has 1 unspecified atom stereocenters. The second-order valence-corrected chi connectivity index (χ2v) is 5.94. The third kappa shape index (κ3) is 5.65. The molecule has 4 heteroatoms. The molecule has 0 spiro atoms. The summed E-state index contributed by atoms with van der Waals surface area (Å²) in [4.78, 5) is 0. The number of hydrogen-bond donors (Lipinski definition) is 1. The first kappa shape index (κ1) is 16.3. The summed E-state index contributed by atoms with van der Waals surface area (Å²) in [5, 5.41) is 0. The molecule has 1 saturated heterocycles. The molecule has 2 N–H and O–H groups in total. The smallest absolute Gasteiger partial charge is 0.119 e. The van der Waals surface area contributed by atoms with E-state index in [1.807, 2.05) is 38.1 Å². The van der Waals surface area contributed by atoms with Gasteiger partial charge in [-0.3, -0.25) is 0 Å². The number of ether oxygens (including phenoxy) is 3. The van der Waals surface area contributed by atoms with Gasteiger partial charge in [-0.05, 0) is 50.3 Å². The predicted molar refractivity (Wildman–Crippen MR) is 83.5 cm³/mol. The molecule has 1 aliphatic rings. The van der Waals surface area contributed by atoms with Crippen LogP contribution < -0.4 is 10.5 Å². The number of benzene rings is 1. The Morgan fingerprint density at radius 2 is 1.86 bits per heavy atom. The van der Waals surface area contributed by atoms with E-state index < -0.39 is 0 Å². The summed E-state index contributed by atoms with van der Waals surface area (Å²) in [6.45, 7) is 7.09. The van der Waals surface area contributed by atoms with Crippen LogP contribution in [0.1, 0.15) is 38.3 Å². The third-order valence-corrected chi connectivity index (χ3v) is 3.67. The molecule has 0 aromatic heterocycles. The van der Waals surface area contributed by atoms with Crippen LogP contribution in [0.5, 0.6) is 5.75 Å². The van der Waals surface area contributed by atoms with E-state index in [2.05, 4.69) is 0 Å². The lowest BCUT2D eigenvalue weighted by atomic mass is 10.0. The van der Waals surface area contributed by atoms with E-state index in [9.17, 15) is 0 Å². The van der Waals surface area contributed by atoms with Crippen molar-refractivity contribution in [3.63, 3.8) is 0 Å². The average molecular weight is 293 g/mol. The van der Waals surface area contributed by atoms with Gasteiger partial charge in [-0.15, -0.1) is 0 Å². The minimum Gasteiger partial charge on any atom is -0.491 e. The summed E-state index contributed by atoms with van der Waals surface area (Å²) >= 11 is 0. The largest absolute Gasteiger partial charge is 0.491 e. The Hall–Kier alpha value is -1.10. The first-order valence-corrected chi connectivity index (χ1v) is 7.83. The highest BCUT2D eigenvalue weighted by Gasteiger charge is 2.14. The zero-order chi connectivity index (χ0) is 15.1. The van der Waals surface area contributed by atoms with Crippen molar-refractivity contribution in [3.05, 3.63) is 29.8 Å². The van der Waals surface area contributed by atoms with E-state index in [1.54, 1.807) is 0 Å². The predicted octanol–water partition coefficient (Wildman–Crippen LogP) is 2.92. The van der Waals surface area contributed by atoms with Gasteiger partial charge in [0.15, 0.2) is 0 Å². The van der Waals surface area contributed by atoms with E-state index in [0.29, 0.717) is 12.5 Å². The molecule has 0 saturated carbocycles. The lowest BCUT2D eigenvalue weighted by Crippen LogP contribution is -2.23. The molecule has 1 aromatic rings. The van der Waals surface area contributed by atoms with Crippen LogP contribution in [0.4, 0.5) is 0 Å². The molecular formula is C17H27NO3. The van der Waals surface area contributed by atoms with Crippen molar-refractivity contribution in [2.24, 2.45) is 11.7 Å². The van der Waals surface area contributed by atoms with Crippen molar-refractivity contribution in [2.75, 3.05) is 26.4 Å². The van der Waals surface area contributed by atoms with Gasteiger partial charge in [0.05, 0.1) is 18.8 Å². The molecule has 1 fully saturated rings. The molecule has 1 aliphatic heterocycles. The number of rotatable bonds is 7. The van der Waals surface area contributed by atoms with Crippen molar-refractivity contribution in [1.29, 1.82) is 0 Å². The summed E-state index contributed by atoms with van der Waals surface area (Å²) in [5.74, 6) is 1.50. The standard InChI is InChI=1S/C17H27NO3/c1-13(2)21-16-5-3-15(4-6-16)17(18)12-20-11-14-7-9-19-10-8-14/h3-6,13-14,17H,7-12,18H2,1-2H3. The van der Waals surface area contributed by atoms with Crippen LogP contribution in [0, 0.1) is 5.92 Å². The fraction of sp³-hybridized carbons (Fsp3) is 0.647. The van der Waals surface area contributed by atoms with Crippen LogP contribution in [-0.4, -0.2) is 32.5 Å². The number of nitrogens with two attached hydrogens (primary N) is 1. The van der Waals surface area contributed by atoms with Crippen LogP contribution in [-0.2, 0) is 9.47 Å². The van der Waals surface area contributed by atoms with Gasteiger partial charge in [0.1, 0.15) is 5.75 Å². The van der Waals surface area contributed by atoms with Gasteiger partial charge < -0.3 is 19.9 Å². The summed E-state index contributed by atoms with van der Waals surface area (Å²) in [5.41, 5.74) is 7.25. The summed E-state index contributed by atoms with van der Waals surface area (Å²) in [7, 11) is 0. The van der Waals surface area contributed by atoms with Crippen molar-refractivity contribution >= 4 is 0 Å². The van der Waals surface area contributed by atoms with Gasteiger partial charge in [-0.25, -0.2) is 0 Å². The number of hydrogen-bond acceptors (Lipinski definition) is 4. The molecule has 0 bridgehead atoms. The first-order chi connectivity index (χ1) is 10.1. The first-order valence-electron chi connectivity index (χ1n) is 7.83. The van der Waals surface area contributed by atoms with Gasteiger partial charge in [0.25, 0.3) is 0 Å². The average Bonchev–Trinajstić information content (AvgIpc) is 2.48. The molecule has 21 heavy (non-hydrogen) atoms. The van der Waals surface area contributed by atoms with E-state index >= 15 is 0 Å². The molecule has 0 radical (unpaired) electrons. The highest BCUT2D eigenvalue weighted by Crippen LogP contribution is 2.19. The molecule has 2 rings (SSSR count). The lowest BCUT2D eigenvalue weighted by Gasteiger charge is -2.22. The van der Waals surface area contributed by atoms with Crippen molar-refractivity contribution in [2.45, 2.75) is 38.8 Å². The monoisotopic (exact) mass is 293 g/mol. The Bertz CT molecular complexity index is 399. The molecule has 0 aliphatic carbocycles. The van der Waals surface area contributed by atoms with Gasteiger partial charge in [-0.2, -0.15) is 0 Å². The maximum absolute atomic E-state index is 6.17. The van der Waals surface area contributed by atoms with Crippen molar-refractivity contribution < 1.29 is 14.2 Å². The Kier molecular flexibility index (Phi) is 6.49. The normalized spacial score (nSPS) is 17.9. The SMILES string of the molecule is CC(C)Oc1ccc(C(N)COCC2CCOCC2)cc1. The second kappa shape index (κ2) is 8.37. The fourth-order valence-electron chi connectivity index (χ4n) is 2.44. The zero-order valence-electron chi connectivity index (χ0n) is 13.1. The maximum atomic E-state index is 6.17. The highest BCUT2D eigenvalue weighted by atomic mass is 16.5. The summed E-state index contributed by atoms with van der Waals surface area (Å²) in [6.07, 6.45) is 2.37. The van der Waals surface area contributed by atoms with Gasteiger partial charge in [0, 0.05) is 19.8 Å². The molecule has 0 amide bonds. The Morgan fingerprint density at radius 3 is 2.48 bits per heavy atom. The minimum absolute atomic E-state index is 0.0852. The van der Waals surface area contributed by atoms with E-state index in [4.69, 9.17) is 19.9 Å². The quantitative estimate of drug-likeness (QED) is 0.840. The van der Waals surface area contributed by atoms with Crippen molar-refractivity contribution in [1.82, 2.24) is 0 Å². The highest BCUT2D eigenvalue weighted by molar-refractivity contribution is 5.29. The molecule has 1 aromatic carbocycles. The lowest BCUT2D eigenvalue weighted by molar-refractivity contribution is 0.0174. The van der Waals surface area contributed by atoms with E-state index in [-0.39, 0.29) is 12.1 Å². The van der Waals surface area contributed by atoms with E-state index in [0.717, 1.165) is 44.0 Å². The maximum Gasteiger partial charge on any atom is 0.119 e. The molecular weight excluding hydrogens is 266 g/mol. The summed E-state index contributed by atoms with van der Waals surface area (Å²) < 4.78 is 16.7. The van der Waals surface area contributed by atoms with Gasteiger partial charge in [-0.1, -0.05) is 12.1 Å². The third-order valence-electron chi connectivity index (χ3n) is 3.67. The van der Waals surface area contributed by atoms with Gasteiger partial charge >= 0.3 is 0 Å². The second-order valence-electron chi connectivity index (χ2n) is 5.94.